The number of carbonyl (C=O) groups is 2. The van der Waals surface area contributed by atoms with Crippen molar-refractivity contribution in [3.63, 3.8) is 0 Å². The molecule has 0 aromatic carbocycles. The molecule has 6 heteroatoms. The molecule has 0 aliphatic carbocycles. The number of amides is 2. The van der Waals surface area contributed by atoms with Crippen molar-refractivity contribution < 1.29 is 9.59 Å². The van der Waals surface area contributed by atoms with Crippen LogP contribution in [0.1, 0.15) is 24.3 Å². The summed E-state index contributed by atoms with van der Waals surface area (Å²) in [6, 6.07) is 4.35. The summed E-state index contributed by atoms with van der Waals surface area (Å²) in [4.78, 5) is 40.4. The minimum Gasteiger partial charge on any atom is -0.342 e. The van der Waals surface area contributed by atoms with E-state index in [0.29, 0.717) is 13.1 Å². The molecule has 1 rings (SSSR count). The van der Waals surface area contributed by atoms with E-state index in [0.717, 1.165) is 0 Å². The highest BCUT2D eigenvalue weighted by atomic mass is 16.2. The van der Waals surface area contributed by atoms with Crippen LogP contribution in [0, 0.1) is 0 Å². The summed E-state index contributed by atoms with van der Waals surface area (Å²) in [6.07, 6.45) is 0. The van der Waals surface area contributed by atoms with Crippen molar-refractivity contribution in [1.82, 2.24) is 14.8 Å². The smallest absolute Gasteiger partial charge is 0.270 e. The zero-order valence-electron chi connectivity index (χ0n) is 11.5. The molecule has 1 heterocycles. The Labute approximate surface area is 112 Å². The number of likely N-dealkylation sites (N-methyl/N-ethyl adjacent to an activating group) is 2. The highest BCUT2D eigenvalue weighted by Gasteiger charge is 2.18. The Morgan fingerprint density at radius 2 is 1.84 bits per heavy atom. The first-order valence-corrected chi connectivity index (χ1v) is 6.22. The first kappa shape index (κ1) is 14.9. The van der Waals surface area contributed by atoms with Crippen molar-refractivity contribution in [2.75, 3.05) is 26.7 Å². The van der Waals surface area contributed by atoms with Gasteiger partial charge in [0.25, 0.3) is 5.91 Å². The maximum atomic E-state index is 12.0. The largest absolute Gasteiger partial charge is 0.342 e. The van der Waals surface area contributed by atoms with Gasteiger partial charge in [-0.2, -0.15) is 0 Å². The molecule has 0 radical (unpaired) electrons. The van der Waals surface area contributed by atoms with Gasteiger partial charge in [0, 0.05) is 26.2 Å². The molecule has 0 fully saturated rings. The minimum absolute atomic E-state index is 0.00254. The van der Waals surface area contributed by atoms with Gasteiger partial charge in [-0.3, -0.25) is 14.4 Å². The standard InChI is InChI=1S/C13H19N3O3/c1-4-16(5-2)12(18)9-15(3)13(19)10-7-6-8-11(17)14-10/h6-8H,4-5,9H2,1-3H3,(H,14,17). The van der Waals surface area contributed by atoms with Crippen molar-refractivity contribution in [2.24, 2.45) is 0 Å². The van der Waals surface area contributed by atoms with E-state index in [2.05, 4.69) is 4.98 Å². The van der Waals surface area contributed by atoms with Crippen LogP contribution < -0.4 is 5.56 Å². The molecular formula is C13H19N3O3. The van der Waals surface area contributed by atoms with Gasteiger partial charge in [0.05, 0.1) is 6.54 Å². The molecule has 1 N–H and O–H groups in total. The quantitative estimate of drug-likeness (QED) is 0.833. The second kappa shape index (κ2) is 6.72. The van der Waals surface area contributed by atoms with Crippen LogP contribution in [0.5, 0.6) is 0 Å². The van der Waals surface area contributed by atoms with Crippen LogP contribution in [0.25, 0.3) is 0 Å². The second-order valence-electron chi connectivity index (χ2n) is 4.16. The van der Waals surface area contributed by atoms with Crippen LogP contribution in [0.15, 0.2) is 23.0 Å². The zero-order chi connectivity index (χ0) is 14.4. The lowest BCUT2D eigenvalue weighted by atomic mass is 10.3. The fourth-order valence-electron chi connectivity index (χ4n) is 1.73. The van der Waals surface area contributed by atoms with E-state index in [1.165, 1.54) is 30.1 Å². The van der Waals surface area contributed by atoms with E-state index in [-0.39, 0.29) is 29.6 Å². The first-order valence-electron chi connectivity index (χ1n) is 6.22. The molecule has 0 aliphatic heterocycles. The van der Waals surface area contributed by atoms with Crippen LogP contribution in [0.3, 0.4) is 0 Å². The first-order chi connectivity index (χ1) is 8.99. The fraction of sp³-hybridized carbons (Fsp3) is 0.462. The van der Waals surface area contributed by atoms with Crippen LogP contribution >= 0.6 is 0 Å². The second-order valence-corrected chi connectivity index (χ2v) is 4.16. The van der Waals surface area contributed by atoms with Gasteiger partial charge in [0.2, 0.25) is 11.5 Å². The normalized spacial score (nSPS) is 10.1. The van der Waals surface area contributed by atoms with E-state index in [9.17, 15) is 14.4 Å². The molecule has 0 aliphatic rings. The van der Waals surface area contributed by atoms with Crippen molar-refractivity contribution in [1.29, 1.82) is 0 Å². The molecule has 0 saturated carbocycles. The van der Waals surface area contributed by atoms with Crippen molar-refractivity contribution in [3.05, 3.63) is 34.2 Å². The number of pyridine rings is 1. The number of aromatic amines is 1. The zero-order valence-corrected chi connectivity index (χ0v) is 11.5. The average molecular weight is 265 g/mol. The highest BCUT2D eigenvalue weighted by molar-refractivity contribution is 5.94. The third-order valence-electron chi connectivity index (χ3n) is 2.83. The topological polar surface area (TPSA) is 73.5 Å². The number of aromatic nitrogens is 1. The third-order valence-corrected chi connectivity index (χ3v) is 2.83. The Balaban J connectivity index is 2.73. The van der Waals surface area contributed by atoms with E-state index < -0.39 is 0 Å². The van der Waals surface area contributed by atoms with Gasteiger partial charge in [-0.1, -0.05) is 6.07 Å². The Bertz CT molecular complexity index is 506. The summed E-state index contributed by atoms with van der Waals surface area (Å²) in [5, 5.41) is 0. The summed E-state index contributed by atoms with van der Waals surface area (Å²) in [5.41, 5.74) is -0.156. The number of rotatable bonds is 5. The molecule has 1 aromatic heterocycles. The van der Waals surface area contributed by atoms with E-state index >= 15 is 0 Å². The lowest BCUT2D eigenvalue weighted by molar-refractivity contribution is -0.131. The van der Waals surface area contributed by atoms with Crippen LogP contribution in [-0.4, -0.2) is 53.3 Å². The molecule has 0 saturated heterocycles. The number of nitrogens with zero attached hydrogens (tertiary/aromatic N) is 2. The van der Waals surface area contributed by atoms with Crippen molar-refractivity contribution in [3.8, 4) is 0 Å². The number of hydrogen-bond acceptors (Lipinski definition) is 3. The maximum absolute atomic E-state index is 12.0. The van der Waals surface area contributed by atoms with Gasteiger partial charge < -0.3 is 14.8 Å². The maximum Gasteiger partial charge on any atom is 0.270 e. The van der Waals surface area contributed by atoms with Gasteiger partial charge in [-0.15, -0.1) is 0 Å². The lowest BCUT2D eigenvalue weighted by Crippen LogP contribution is -2.41. The summed E-state index contributed by atoms with van der Waals surface area (Å²) in [5.74, 6) is -0.489. The average Bonchev–Trinajstić information content (AvgIpc) is 2.39. The molecule has 104 valence electrons. The highest BCUT2D eigenvalue weighted by Crippen LogP contribution is 1.99. The molecule has 0 unspecified atom stereocenters. The molecule has 19 heavy (non-hydrogen) atoms. The Morgan fingerprint density at radius 1 is 1.21 bits per heavy atom. The summed E-state index contributed by atoms with van der Waals surface area (Å²) < 4.78 is 0. The van der Waals surface area contributed by atoms with Crippen LogP contribution in [0.2, 0.25) is 0 Å². The third kappa shape index (κ3) is 3.94. The number of nitrogens with one attached hydrogen (secondary N) is 1. The number of H-pyrrole nitrogens is 1. The monoisotopic (exact) mass is 265 g/mol. The van der Waals surface area contributed by atoms with E-state index in [1.54, 1.807) is 4.90 Å². The van der Waals surface area contributed by atoms with E-state index in [1.807, 2.05) is 13.8 Å². The summed E-state index contributed by atoms with van der Waals surface area (Å²) in [6.45, 7) is 4.99. The molecule has 0 spiro atoms. The van der Waals surface area contributed by atoms with Gasteiger partial charge in [0.15, 0.2) is 0 Å². The predicted molar refractivity (Wildman–Crippen MR) is 72.0 cm³/mol. The van der Waals surface area contributed by atoms with Crippen molar-refractivity contribution >= 4 is 11.8 Å². The van der Waals surface area contributed by atoms with E-state index in [4.69, 9.17) is 0 Å². The number of hydrogen-bond donors (Lipinski definition) is 1. The molecule has 1 aromatic rings. The van der Waals surface area contributed by atoms with Gasteiger partial charge in [0.1, 0.15) is 5.69 Å². The molecule has 2 amide bonds. The Morgan fingerprint density at radius 3 is 2.37 bits per heavy atom. The Kier molecular flexibility index (Phi) is 5.29. The molecular weight excluding hydrogens is 246 g/mol. The van der Waals surface area contributed by atoms with Crippen LogP contribution in [-0.2, 0) is 4.79 Å². The Hall–Kier alpha value is -2.11. The molecule has 6 nitrogen and oxygen atoms in total. The van der Waals surface area contributed by atoms with Crippen LogP contribution in [0.4, 0.5) is 0 Å². The number of carbonyl (C=O) groups excluding carboxylic acids is 2. The molecule has 0 atom stereocenters. The minimum atomic E-state index is -0.377. The lowest BCUT2D eigenvalue weighted by Gasteiger charge is -2.23. The summed E-state index contributed by atoms with van der Waals surface area (Å²) >= 11 is 0. The van der Waals surface area contributed by atoms with Gasteiger partial charge in [-0.05, 0) is 19.9 Å². The van der Waals surface area contributed by atoms with Gasteiger partial charge >= 0.3 is 0 Å². The SMILES string of the molecule is CCN(CC)C(=O)CN(C)C(=O)c1cccc(=O)[nH]1. The fourth-order valence-corrected chi connectivity index (χ4v) is 1.73. The molecule has 0 bridgehead atoms. The van der Waals surface area contributed by atoms with Gasteiger partial charge in [-0.25, -0.2) is 0 Å². The van der Waals surface area contributed by atoms with Crippen molar-refractivity contribution in [2.45, 2.75) is 13.8 Å². The predicted octanol–water partition coefficient (Wildman–Crippen LogP) is 0.315. The summed E-state index contributed by atoms with van der Waals surface area (Å²) in [7, 11) is 1.54.